The van der Waals surface area contributed by atoms with Gasteiger partial charge >= 0.3 is 0 Å². The molecule has 1 atom stereocenters. The van der Waals surface area contributed by atoms with Crippen LogP contribution >= 0.6 is 0 Å². The van der Waals surface area contributed by atoms with E-state index in [2.05, 4.69) is 0 Å². The summed E-state index contributed by atoms with van der Waals surface area (Å²) in [6.45, 7) is 0. The van der Waals surface area contributed by atoms with Gasteiger partial charge in [0.15, 0.2) is 5.76 Å². The van der Waals surface area contributed by atoms with Crippen LogP contribution in [0.4, 0.5) is 0 Å². The summed E-state index contributed by atoms with van der Waals surface area (Å²) in [5.74, 6) is -0.838. The van der Waals surface area contributed by atoms with Crippen LogP contribution in [0.5, 0.6) is 0 Å². The van der Waals surface area contributed by atoms with Crippen molar-refractivity contribution in [1.82, 2.24) is 0 Å². The number of rotatable bonds is 1. The second-order valence-electron chi connectivity index (χ2n) is 2.59. The first-order valence-electron chi connectivity index (χ1n) is 3.19. The molecule has 0 aromatic carbocycles. The molecule has 0 aromatic heterocycles. The maximum Gasteiger partial charge on any atom is 0.299 e. The van der Waals surface area contributed by atoms with Crippen molar-refractivity contribution in [2.75, 3.05) is 0 Å². The Bertz CT molecular complexity index is 283. The molecular weight excluding hydrogens is 164 g/mol. The Kier molecular flexibility index (Phi) is 1.77. The van der Waals surface area contributed by atoms with Crippen molar-refractivity contribution in [1.29, 1.82) is 0 Å². The number of hydrogen-bond acceptors (Lipinski definition) is 5. The quantitative estimate of drug-likeness (QED) is 0.297. The summed E-state index contributed by atoms with van der Waals surface area (Å²) in [5, 5.41) is 28.2. The van der Waals surface area contributed by atoms with Gasteiger partial charge in [0.2, 0.25) is 0 Å². The summed E-state index contributed by atoms with van der Waals surface area (Å²) in [6.07, 6.45) is 1.67. The molecule has 0 aliphatic heterocycles. The number of aliphatic hydroxyl groups is 2. The van der Waals surface area contributed by atoms with Crippen LogP contribution in [0.3, 0.4) is 0 Å². The minimum atomic E-state index is -1.80. The third-order valence-electron chi connectivity index (χ3n) is 1.62. The number of nitro groups is 1. The average molecular weight is 172 g/mol. The fraction of sp³-hybridized carbons (Fsp3) is 0.333. The van der Waals surface area contributed by atoms with E-state index >= 15 is 0 Å². The fourth-order valence-corrected chi connectivity index (χ4v) is 0.863. The Balaban J connectivity index is 2.94. The predicted octanol–water partition coefficient (Wildman–Crippen LogP) is 0.206. The van der Waals surface area contributed by atoms with Crippen LogP contribution < -0.4 is 5.73 Å². The van der Waals surface area contributed by atoms with E-state index in [0.717, 1.165) is 12.2 Å². The molecule has 1 aliphatic carbocycles. The normalized spacial score (nSPS) is 29.1. The Morgan fingerprint density at radius 1 is 1.67 bits per heavy atom. The smallest absolute Gasteiger partial charge is 0.299 e. The number of hydrogen-bond donors (Lipinski definition) is 3. The van der Waals surface area contributed by atoms with Gasteiger partial charge in [-0.25, -0.2) is 0 Å². The van der Waals surface area contributed by atoms with E-state index < -0.39 is 16.3 Å². The van der Waals surface area contributed by atoms with Crippen molar-refractivity contribution >= 4 is 0 Å². The van der Waals surface area contributed by atoms with Crippen molar-refractivity contribution in [3.05, 3.63) is 33.8 Å². The second-order valence-corrected chi connectivity index (χ2v) is 2.59. The molecule has 0 saturated heterocycles. The zero-order chi connectivity index (χ0) is 9.35. The third-order valence-corrected chi connectivity index (χ3v) is 1.62. The van der Waals surface area contributed by atoms with Crippen LogP contribution in [0, 0.1) is 10.1 Å². The fourth-order valence-electron chi connectivity index (χ4n) is 0.863. The summed E-state index contributed by atoms with van der Waals surface area (Å²) < 4.78 is 0. The lowest BCUT2D eigenvalue weighted by atomic mass is 10.0. The van der Waals surface area contributed by atoms with Gasteiger partial charge in [0.25, 0.3) is 5.66 Å². The molecule has 4 N–H and O–H groups in total. The number of allylic oxidation sites excluding steroid dienone is 1. The average Bonchev–Trinajstić information content (AvgIpc) is 1.97. The highest BCUT2D eigenvalue weighted by molar-refractivity contribution is 5.24. The molecule has 6 heteroatoms. The lowest BCUT2D eigenvalue weighted by Crippen LogP contribution is -2.47. The van der Waals surface area contributed by atoms with E-state index in [1.165, 1.54) is 0 Å². The summed E-state index contributed by atoms with van der Waals surface area (Å²) in [6, 6.07) is 0. The van der Waals surface area contributed by atoms with Crippen LogP contribution in [-0.2, 0) is 0 Å². The van der Waals surface area contributed by atoms with Crippen LogP contribution in [0.1, 0.15) is 6.42 Å². The van der Waals surface area contributed by atoms with Crippen molar-refractivity contribution in [3.8, 4) is 0 Å². The van der Waals surface area contributed by atoms with Gasteiger partial charge in [-0.1, -0.05) is 0 Å². The van der Waals surface area contributed by atoms with Crippen molar-refractivity contribution < 1.29 is 15.1 Å². The zero-order valence-corrected chi connectivity index (χ0v) is 6.10. The van der Waals surface area contributed by atoms with Gasteiger partial charge in [-0.05, 0) is 6.08 Å². The Morgan fingerprint density at radius 3 is 2.67 bits per heavy atom. The van der Waals surface area contributed by atoms with Crippen LogP contribution in [0.15, 0.2) is 23.7 Å². The number of nitrogens with two attached hydrogens (primary N) is 1. The maximum atomic E-state index is 10.3. The summed E-state index contributed by atoms with van der Waals surface area (Å²) in [7, 11) is 0. The number of aliphatic hydroxyl groups excluding tert-OH is 2. The minimum absolute atomic E-state index is 0.377. The monoisotopic (exact) mass is 172 g/mol. The molecule has 1 unspecified atom stereocenters. The molecule has 1 rings (SSSR count). The SMILES string of the molecule is NC1([N+](=O)[O-])C=CC(O)=C(O)C1. The van der Waals surface area contributed by atoms with Crippen molar-refractivity contribution in [2.24, 2.45) is 5.73 Å². The molecule has 0 fully saturated rings. The topological polar surface area (TPSA) is 110 Å². The van der Waals surface area contributed by atoms with E-state index in [-0.39, 0.29) is 12.2 Å². The van der Waals surface area contributed by atoms with Gasteiger partial charge in [-0.2, -0.15) is 0 Å². The second kappa shape index (κ2) is 2.49. The van der Waals surface area contributed by atoms with Gasteiger partial charge in [-0.3, -0.25) is 15.8 Å². The Labute approximate surface area is 67.8 Å². The largest absolute Gasteiger partial charge is 0.508 e. The van der Waals surface area contributed by atoms with Crippen LogP contribution in [-0.4, -0.2) is 20.8 Å². The molecule has 12 heavy (non-hydrogen) atoms. The third kappa shape index (κ3) is 1.24. The summed E-state index contributed by atoms with van der Waals surface area (Å²) in [5.41, 5.74) is 3.47. The first-order chi connectivity index (χ1) is 5.46. The van der Waals surface area contributed by atoms with Gasteiger partial charge in [0, 0.05) is 11.0 Å². The van der Waals surface area contributed by atoms with E-state index in [1.54, 1.807) is 0 Å². The molecule has 0 aromatic rings. The summed E-state index contributed by atoms with van der Waals surface area (Å²) >= 11 is 0. The zero-order valence-electron chi connectivity index (χ0n) is 6.10. The Hall–Kier alpha value is -1.56. The van der Waals surface area contributed by atoms with Crippen LogP contribution in [0.2, 0.25) is 0 Å². The molecule has 0 spiro atoms. The van der Waals surface area contributed by atoms with Gasteiger partial charge in [-0.15, -0.1) is 0 Å². The lowest BCUT2D eigenvalue weighted by Gasteiger charge is -2.19. The van der Waals surface area contributed by atoms with E-state index in [9.17, 15) is 10.1 Å². The minimum Gasteiger partial charge on any atom is -0.508 e. The first kappa shape index (κ1) is 8.54. The van der Waals surface area contributed by atoms with E-state index in [0.29, 0.717) is 0 Å². The molecule has 0 heterocycles. The first-order valence-corrected chi connectivity index (χ1v) is 3.19. The van der Waals surface area contributed by atoms with E-state index in [1.807, 2.05) is 0 Å². The standard InChI is InChI=1S/C6H8N2O4/c7-6(8(11)12)2-1-4(9)5(10)3-6/h1-2,9-10H,3,7H2. The molecule has 1 aliphatic rings. The highest BCUT2D eigenvalue weighted by Gasteiger charge is 2.39. The molecule has 0 radical (unpaired) electrons. The molecule has 0 bridgehead atoms. The van der Waals surface area contributed by atoms with Crippen LogP contribution in [0.25, 0.3) is 0 Å². The van der Waals surface area contributed by atoms with Gasteiger partial charge in [0.1, 0.15) is 5.76 Å². The lowest BCUT2D eigenvalue weighted by molar-refractivity contribution is -0.554. The van der Waals surface area contributed by atoms with Crippen molar-refractivity contribution in [3.63, 3.8) is 0 Å². The molecule has 0 saturated carbocycles. The highest BCUT2D eigenvalue weighted by Crippen LogP contribution is 2.22. The summed E-state index contributed by atoms with van der Waals surface area (Å²) in [4.78, 5) is 9.63. The highest BCUT2D eigenvalue weighted by atomic mass is 16.6. The van der Waals surface area contributed by atoms with E-state index in [4.69, 9.17) is 15.9 Å². The molecular formula is C6H8N2O4. The number of nitrogens with zero attached hydrogens (tertiary/aromatic N) is 1. The Morgan fingerprint density at radius 2 is 2.25 bits per heavy atom. The van der Waals surface area contributed by atoms with Gasteiger partial charge in [0.05, 0.1) is 6.42 Å². The molecule has 66 valence electrons. The maximum absolute atomic E-state index is 10.3. The molecule has 6 nitrogen and oxygen atoms in total. The molecule has 0 amide bonds. The predicted molar refractivity (Wildman–Crippen MR) is 40.0 cm³/mol. The van der Waals surface area contributed by atoms with Crippen molar-refractivity contribution in [2.45, 2.75) is 12.1 Å². The van der Waals surface area contributed by atoms with Gasteiger partial charge < -0.3 is 10.2 Å².